The van der Waals surface area contributed by atoms with Gasteiger partial charge in [0.15, 0.2) is 0 Å². The third-order valence-electron chi connectivity index (χ3n) is 24.8. The standard InChI is InChI=1S/C31H51P2.C5H5.Fe/c32-30(23-33(26-17-9-3-10-18-26)27-19-11-4-12-20-27)29-22-21-28(24-13-5-1-6-14-24)31(29)25-15-7-2-8-16-25;1-2-4-5-3-1;/h21-22,24-27,30H,1-20,23,32H2;1-5H;. The number of rotatable bonds is 7. The fourth-order valence-corrected chi connectivity index (χ4v) is 118. The third kappa shape index (κ3) is 0.594. The molecule has 4 aliphatic carbocycles. The van der Waals surface area contributed by atoms with Gasteiger partial charge in [0, 0.05) is 0 Å². The molecule has 0 bridgehead atoms. The summed E-state index contributed by atoms with van der Waals surface area (Å²) in [7, 11) is 4.19. The molecule has 4 saturated carbocycles. The van der Waals surface area contributed by atoms with Gasteiger partial charge in [-0.2, -0.15) is 0 Å². The van der Waals surface area contributed by atoms with Crippen molar-refractivity contribution in [2.24, 2.45) is 11.8 Å². The molecule has 0 aromatic rings. The molecule has 14 aliphatic rings. The molecule has 0 amide bonds. The van der Waals surface area contributed by atoms with Crippen LogP contribution in [0, 0.1) is 11.8 Å². The summed E-state index contributed by atoms with van der Waals surface area (Å²) in [4.78, 5) is 10.5. The van der Waals surface area contributed by atoms with E-state index in [0.717, 1.165) is 18.6 Å². The van der Waals surface area contributed by atoms with Crippen molar-refractivity contribution in [1.29, 1.82) is 0 Å². The van der Waals surface area contributed by atoms with Crippen LogP contribution < -0.4 is 0 Å². The van der Waals surface area contributed by atoms with E-state index in [1.165, 1.54) is 56.9 Å². The van der Waals surface area contributed by atoms with E-state index in [4.69, 9.17) is 0 Å². The topological polar surface area (TPSA) is 0 Å². The molecule has 10 heterocycles. The van der Waals surface area contributed by atoms with E-state index in [1.807, 2.05) is 0 Å². The van der Waals surface area contributed by atoms with Crippen LogP contribution in [0.25, 0.3) is 0 Å². The van der Waals surface area contributed by atoms with Crippen LogP contribution in [-0.4, -0.2) is 23.1 Å². The molecule has 0 aromatic heterocycles. The van der Waals surface area contributed by atoms with Crippen molar-refractivity contribution in [3.8, 4) is 0 Å². The Kier molecular flexibility index (Phi) is 2.11. The van der Waals surface area contributed by atoms with Crippen molar-refractivity contribution in [3.63, 3.8) is 0 Å². The zero-order valence-electron chi connectivity index (χ0n) is 24.7. The van der Waals surface area contributed by atoms with Crippen LogP contribution in [-0.2, 0) is 6.51 Å². The van der Waals surface area contributed by atoms with Gasteiger partial charge in [-0.1, -0.05) is 0 Å². The molecule has 10 aliphatic heterocycles. The van der Waals surface area contributed by atoms with Gasteiger partial charge >= 0.3 is 234 Å². The van der Waals surface area contributed by atoms with E-state index < -0.39 is 6.51 Å². The van der Waals surface area contributed by atoms with Gasteiger partial charge in [0.25, 0.3) is 0 Å². The first kappa shape index (κ1) is 22.0. The summed E-state index contributed by atoms with van der Waals surface area (Å²) in [5.41, 5.74) is 3.50. The van der Waals surface area contributed by atoms with E-state index in [9.17, 15) is 0 Å². The third-order valence-corrected chi connectivity index (χ3v) is 74.4. The fraction of sp³-hybridized carbons (Fsp3) is 1.00. The van der Waals surface area contributed by atoms with Gasteiger partial charge in [0.05, 0.1) is 0 Å². The molecule has 0 N–H and O–H groups in total. The Morgan fingerprint density at radius 3 is 1.46 bits per heavy atom. The van der Waals surface area contributed by atoms with Crippen molar-refractivity contribution >= 4 is 17.2 Å². The second-order valence-electron chi connectivity index (χ2n) is 20.5. The first-order valence-electron chi connectivity index (χ1n) is 18.7. The van der Waals surface area contributed by atoms with E-state index in [2.05, 4.69) is 9.24 Å². The Labute approximate surface area is 232 Å². The number of hydrogen-bond donors (Lipinski definition) is 0. The summed E-state index contributed by atoms with van der Waals surface area (Å²) >= 11 is 0. The predicted octanol–water partition coefficient (Wildman–Crippen LogP) is 12.0. The second kappa shape index (κ2) is 3.75. The first-order chi connectivity index (χ1) is 19.0. The van der Waals surface area contributed by atoms with Crippen LogP contribution in [0.3, 0.4) is 0 Å². The van der Waals surface area contributed by atoms with E-state index in [1.54, 1.807) is 135 Å². The van der Waals surface area contributed by atoms with Crippen molar-refractivity contribution in [3.05, 3.63) is 0 Å². The monoisotopic (exact) mass is 606 g/mol. The van der Waals surface area contributed by atoms with Crippen LogP contribution in [0.1, 0.15) is 128 Å². The van der Waals surface area contributed by atoms with Gasteiger partial charge < -0.3 is 0 Å². The Bertz CT molecular complexity index is 1550. The maximum atomic E-state index is 3.91. The Hall–Kier alpha value is 1.38. The van der Waals surface area contributed by atoms with Crippen LogP contribution in [0.2, 0.25) is 46.7 Å². The van der Waals surface area contributed by atoms with Gasteiger partial charge in [-0.3, -0.25) is 0 Å². The van der Waals surface area contributed by atoms with Gasteiger partial charge in [-0.15, -0.1) is 0 Å². The predicted molar refractivity (Wildman–Crippen MR) is 167 cm³/mol. The summed E-state index contributed by atoms with van der Waals surface area (Å²) < 4.78 is 3.32. The van der Waals surface area contributed by atoms with Crippen molar-refractivity contribution < 1.29 is 6.51 Å². The molecule has 0 nitrogen and oxygen atoms in total. The molecule has 39 heavy (non-hydrogen) atoms. The van der Waals surface area contributed by atoms with E-state index in [0.29, 0.717) is 0 Å². The quantitative estimate of drug-likeness (QED) is 0.200. The Morgan fingerprint density at radius 2 is 1.00 bits per heavy atom. The van der Waals surface area contributed by atoms with Crippen LogP contribution in [0.5, 0.6) is 0 Å². The minimum atomic E-state index is -3.62. The van der Waals surface area contributed by atoms with Gasteiger partial charge in [0.2, 0.25) is 0 Å². The van der Waals surface area contributed by atoms with Crippen LogP contribution in [0.15, 0.2) is 0 Å². The van der Waals surface area contributed by atoms with Gasteiger partial charge in [-0.25, -0.2) is 0 Å². The second-order valence-corrected chi connectivity index (χ2v) is 47.2. The summed E-state index contributed by atoms with van der Waals surface area (Å²) in [5, 5.41) is 0. The molecule has 0 radical (unpaired) electrons. The van der Waals surface area contributed by atoms with Gasteiger partial charge in [-0.05, 0) is 0 Å². The normalized spacial score (nSPS) is 75.0. The molecule has 14 rings (SSSR count). The average molecular weight is 607 g/mol. The molecular formula is C36H56FeP2. The van der Waals surface area contributed by atoms with Crippen molar-refractivity contribution in [2.45, 2.75) is 192 Å². The summed E-state index contributed by atoms with van der Waals surface area (Å²) in [6, 6.07) is 0. The van der Waals surface area contributed by atoms with E-state index >= 15 is 0 Å². The zero-order valence-corrected chi connectivity index (χ0v) is 27.8. The zero-order chi connectivity index (χ0) is 25.2. The molecule has 14 fully saturated rings. The summed E-state index contributed by atoms with van der Waals surface area (Å²) in [6.07, 6.45) is 34.5. The molecule has 10 saturated heterocycles. The molecule has 3 heteroatoms. The van der Waals surface area contributed by atoms with Crippen molar-refractivity contribution in [1.82, 2.24) is 0 Å². The average Bonchev–Trinajstić information content (AvgIpc) is 3.96. The first-order valence-corrected chi connectivity index (χ1v) is 27.2. The molecule has 1 spiro atoms. The SMILES string of the molecule is PC(CP(C1CCCCC1)C1CCCCC1)[C]12[CH]3[CH]4[C]5(C6CCCCC6)[C]1(C1CCCCC1)[Fe]34251678[CH]2[CH]1[CH]6[CH]7[CH]28. The van der Waals surface area contributed by atoms with Gasteiger partial charge in [0.1, 0.15) is 0 Å². The summed E-state index contributed by atoms with van der Waals surface area (Å²) in [6.45, 7) is -3.62. The molecule has 218 valence electrons. The molecule has 0 aromatic carbocycles. The molecule has 7 atom stereocenters. The summed E-state index contributed by atoms with van der Waals surface area (Å²) in [5.74, 6) is 2.55. The van der Waals surface area contributed by atoms with Crippen LogP contribution >= 0.6 is 17.2 Å². The fourth-order valence-electron chi connectivity index (χ4n) is 27.8. The minimum absolute atomic E-state index is 0.279. The molecule has 7 unspecified atom stereocenters. The van der Waals surface area contributed by atoms with E-state index in [-0.39, 0.29) is 7.92 Å². The maximum absolute atomic E-state index is 3.91. The Balaban J connectivity index is 0.965. The molecular weight excluding hydrogens is 550 g/mol. The number of fused-ring (bicyclic) bond motifs is 10. The van der Waals surface area contributed by atoms with Crippen molar-refractivity contribution in [2.75, 3.05) is 6.16 Å². The van der Waals surface area contributed by atoms with Crippen LogP contribution in [0.4, 0.5) is 0 Å². The Morgan fingerprint density at radius 1 is 0.564 bits per heavy atom. The number of hydrogen-bond acceptors (Lipinski definition) is 0.